The molecule has 5 nitrogen and oxygen atoms in total. The van der Waals surface area contributed by atoms with Crippen LogP contribution >= 0.6 is 0 Å². The second kappa shape index (κ2) is 14.2. The zero-order valence-corrected chi connectivity index (χ0v) is 40.3. The van der Waals surface area contributed by atoms with Gasteiger partial charge in [-0.05, 0) is 164 Å². The van der Waals surface area contributed by atoms with Gasteiger partial charge >= 0.3 is 0 Å². The molecule has 329 valence electrons. The topological polar surface area (TPSA) is 75.3 Å². The number of Topliss-reactive ketones (excluding diaryl/α,β-unsaturated/α-hetero) is 2. The Morgan fingerprint density at radius 3 is 1.26 bits per heavy atom. The largest absolute Gasteiger partial charge is 0.355 e. The van der Waals surface area contributed by atoms with Crippen LogP contribution in [-0.2, 0) is 32.9 Å². The predicted molar refractivity (Wildman–Crippen MR) is 234 cm³/mol. The first kappa shape index (κ1) is 46.8. The molecule has 0 aromatic rings. The van der Waals surface area contributed by atoms with Crippen LogP contribution in [0.4, 0.5) is 0 Å². The molecule has 0 aromatic heterocycles. The Hall–Kier alpha value is -0.646. The van der Waals surface area contributed by atoms with E-state index in [1.165, 1.54) is 96.3 Å². The van der Waals surface area contributed by atoms with Gasteiger partial charge < -0.3 is 10.6 Å². The van der Waals surface area contributed by atoms with E-state index in [1.54, 1.807) is 0 Å². The van der Waals surface area contributed by atoms with E-state index < -0.39 is 0 Å². The molecular formula is C52H88N2O3V. The van der Waals surface area contributed by atoms with Crippen LogP contribution in [0, 0.1) is 83.2 Å². The summed E-state index contributed by atoms with van der Waals surface area (Å²) in [6.45, 7) is 28.4. The first-order valence-electron chi connectivity index (χ1n) is 23.9. The molecule has 0 heterocycles. The molecule has 2 N–H and O–H groups in total. The normalized spacial score (nSPS) is 45.9. The van der Waals surface area contributed by atoms with Gasteiger partial charge in [-0.15, -0.1) is 0 Å². The molecule has 11 aliphatic rings. The van der Waals surface area contributed by atoms with E-state index in [9.17, 15) is 14.4 Å². The summed E-state index contributed by atoms with van der Waals surface area (Å²) in [7, 11) is 2.19. The zero-order valence-electron chi connectivity index (χ0n) is 38.9. The van der Waals surface area contributed by atoms with Crippen LogP contribution in [0.1, 0.15) is 206 Å². The van der Waals surface area contributed by atoms with Crippen molar-refractivity contribution in [2.24, 2.45) is 83.2 Å². The predicted octanol–water partition coefficient (Wildman–Crippen LogP) is 12.1. The molecule has 8 bridgehead atoms. The number of amides is 1. The third-order valence-corrected chi connectivity index (χ3v) is 24.1. The van der Waals surface area contributed by atoms with Gasteiger partial charge in [0.05, 0.1) is 0 Å². The number of nitrogens with one attached hydrogen (secondary N) is 2. The van der Waals surface area contributed by atoms with Crippen LogP contribution in [0.2, 0.25) is 0 Å². The van der Waals surface area contributed by atoms with Crippen LogP contribution in [0.5, 0.6) is 0 Å². The fourth-order valence-corrected chi connectivity index (χ4v) is 18.9. The molecule has 11 saturated carbocycles. The molecule has 10 unspecified atom stereocenters. The Balaban J connectivity index is 0.000000130. The van der Waals surface area contributed by atoms with Gasteiger partial charge in [-0.3, -0.25) is 14.4 Å². The number of rotatable bonds is 3. The molecule has 6 heteroatoms. The quantitative estimate of drug-likeness (QED) is 0.278. The Kier molecular flexibility index (Phi) is 11.5. The molecule has 11 aliphatic carbocycles. The summed E-state index contributed by atoms with van der Waals surface area (Å²) in [5.74, 6) is 4.33. The van der Waals surface area contributed by atoms with E-state index in [0.29, 0.717) is 61.9 Å². The molecule has 0 aliphatic heterocycles. The van der Waals surface area contributed by atoms with Crippen molar-refractivity contribution in [2.45, 2.75) is 218 Å². The first-order chi connectivity index (χ1) is 25.9. The monoisotopic (exact) mass is 840 g/mol. The SMILES string of the molecule is C.CC1(C)C2CCC1(C)C(NC=O)C21CCC1.CC12CCC(C3(CCC3)C1=O)C2(C)C.CC12CCC(CC1=O)C2(C)C.CNC1C2(CCC2)C2CCC1(C)C2(C)C.[V]. The van der Waals surface area contributed by atoms with Gasteiger partial charge in [-0.1, -0.05) is 110 Å². The Morgan fingerprint density at radius 1 is 0.534 bits per heavy atom. The van der Waals surface area contributed by atoms with Crippen LogP contribution in [-0.4, -0.2) is 37.1 Å². The molecule has 1 radical (unpaired) electrons. The van der Waals surface area contributed by atoms with Gasteiger partial charge in [-0.2, -0.15) is 0 Å². The molecule has 58 heavy (non-hydrogen) atoms. The number of ketones is 2. The van der Waals surface area contributed by atoms with E-state index in [-0.39, 0.29) is 53.1 Å². The van der Waals surface area contributed by atoms with Gasteiger partial charge in [0, 0.05) is 53.3 Å². The Labute approximate surface area is 368 Å². The zero-order chi connectivity index (χ0) is 41.0. The van der Waals surface area contributed by atoms with E-state index in [1.807, 2.05) is 0 Å². The maximum atomic E-state index is 12.5. The molecule has 11 fully saturated rings. The third-order valence-electron chi connectivity index (χ3n) is 24.1. The van der Waals surface area contributed by atoms with Gasteiger partial charge in [-0.25, -0.2) is 0 Å². The van der Waals surface area contributed by atoms with E-state index >= 15 is 0 Å². The number of hydrogen-bond acceptors (Lipinski definition) is 4. The average molecular weight is 840 g/mol. The van der Waals surface area contributed by atoms with Gasteiger partial charge in [0.1, 0.15) is 11.6 Å². The van der Waals surface area contributed by atoms with Crippen molar-refractivity contribution in [1.82, 2.24) is 10.6 Å². The minimum Gasteiger partial charge on any atom is -0.355 e. The van der Waals surface area contributed by atoms with Crippen LogP contribution in [0.25, 0.3) is 0 Å². The molecular weight excluding hydrogens is 752 g/mol. The van der Waals surface area contributed by atoms with Crippen molar-refractivity contribution in [1.29, 1.82) is 0 Å². The first-order valence-corrected chi connectivity index (χ1v) is 23.9. The summed E-state index contributed by atoms with van der Waals surface area (Å²) >= 11 is 0. The van der Waals surface area contributed by atoms with Gasteiger partial charge in [0.2, 0.25) is 6.41 Å². The van der Waals surface area contributed by atoms with Crippen LogP contribution in [0.15, 0.2) is 0 Å². The summed E-state index contributed by atoms with van der Waals surface area (Å²) in [4.78, 5) is 35.0. The second-order valence-electron chi connectivity index (χ2n) is 25.5. The maximum absolute atomic E-state index is 12.5. The van der Waals surface area contributed by atoms with Crippen molar-refractivity contribution in [2.75, 3.05) is 7.05 Å². The fraction of sp³-hybridized carbons (Fsp3) is 0.942. The smallest absolute Gasteiger partial charge is 0.207 e. The molecule has 0 saturated heterocycles. The van der Waals surface area contributed by atoms with Crippen LogP contribution < -0.4 is 10.6 Å². The van der Waals surface area contributed by atoms with Crippen molar-refractivity contribution in [3.05, 3.63) is 0 Å². The number of carbonyl (C=O) groups is 3. The summed E-state index contributed by atoms with van der Waals surface area (Å²) in [5.41, 5.74) is 3.70. The number of fused-ring (bicyclic) bond motifs is 11. The van der Waals surface area contributed by atoms with Gasteiger partial charge in [0.15, 0.2) is 0 Å². The van der Waals surface area contributed by atoms with E-state index in [0.717, 1.165) is 43.6 Å². The van der Waals surface area contributed by atoms with Crippen molar-refractivity contribution in [3.63, 3.8) is 0 Å². The van der Waals surface area contributed by atoms with Crippen molar-refractivity contribution >= 4 is 18.0 Å². The Morgan fingerprint density at radius 2 is 0.983 bits per heavy atom. The minimum absolute atomic E-state index is 0. The fourth-order valence-electron chi connectivity index (χ4n) is 18.9. The van der Waals surface area contributed by atoms with Crippen molar-refractivity contribution in [3.8, 4) is 0 Å². The second-order valence-corrected chi connectivity index (χ2v) is 25.5. The number of hydrogen-bond donors (Lipinski definition) is 2. The standard InChI is InChI=1S/C14H23NO.C14H25N.C13H20O.C10H16O.CH4.V/c1-12(2)10-5-8-13(12,3)11(15-9-16)14(10)6-4-7-14;1-12(2)10-6-9-13(12,3)11(15-4)14(10)7-5-8-14;1-11(2)9-5-8-12(11,3)10(14)13(9)6-4-7-13;1-9(2)7-4-5-10(9,3)8(11)6-7;;/h9-11H,4-8H2,1-3H3,(H,15,16);10-11,15H,5-9H2,1-4H3;9H,4-8H2,1-3H3;7H,4-6H2,1-3H3;1H4;. The summed E-state index contributed by atoms with van der Waals surface area (Å²) in [5, 5.41) is 6.87. The molecule has 11 rings (SSSR count). The van der Waals surface area contributed by atoms with E-state index in [4.69, 9.17) is 0 Å². The average Bonchev–Trinajstić information content (AvgIpc) is 3.79. The molecule has 0 aromatic carbocycles. The third kappa shape index (κ3) is 5.26. The minimum atomic E-state index is 0. The summed E-state index contributed by atoms with van der Waals surface area (Å²) in [6.07, 6.45) is 24.4. The summed E-state index contributed by atoms with van der Waals surface area (Å²) < 4.78 is 0. The molecule has 3 spiro atoms. The summed E-state index contributed by atoms with van der Waals surface area (Å²) in [6, 6.07) is 1.22. The maximum Gasteiger partial charge on any atom is 0.207 e. The molecule has 1 amide bonds. The number of carbonyl (C=O) groups excluding carboxylic acids is 3. The van der Waals surface area contributed by atoms with E-state index in [2.05, 4.69) is 101 Å². The van der Waals surface area contributed by atoms with Crippen LogP contribution in [0.3, 0.4) is 0 Å². The van der Waals surface area contributed by atoms with Gasteiger partial charge in [0.25, 0.3) is 0 Å². The Bertz CT molecular complexity index is 1630. The molecule has 10 atom stereocenters. The van der Waals surface area contributed by atoms with Crippen molar-refractivity contribution < 1.29 is 32.9 Å².